The van der Waals surface area contributed by atoms with Crippen molar-refractivity contribution in [3.8, 4) is 5.75 Å². The second-order valence-corrected chi connectivity index (χ2v) is 5.38. The number of thiazole rings is 1. The number of hydrogen-bond donors (Lipinski definition) is 2. The highest BCUT2D eigenvalue weighted by molar-refractivity contribution is 7.15. The molecule has 0 atom stereocenters. The van der Waals surface area contributed by atoms with Crippen LogP contribution in [0.5, 0.6) is 5.75 Å². The van der Waals surface area contributed by atoms with E-state index in [0.29, 0.717) is 0 Å². The topological polar surface area (TPSA) is 63.4 Å². The standard InChI is InChI=1S/C13H18N4OS/c1-17(9-11-7-15-13(16-14)19-11)8-10-5-3-4-6-12(10)18-2/h3-7H,8-9,14H2,1-2H3,(H,15,16). The SMILES string of the molecule is COc1ccccc1CN(C)Cc1cnc(NN)s1. The van der Waals surface area contributed by atoms with E-state index < -0.39 is 0 Å². The monoisotopic (exact) mass is 278 g/mol. The number of para-hydroxylation sites is 1. The van der Waals surface area contributed by atoms with Gasteiger partial charge in [-0.15, -0.1) is 0 Å². The van der Waals surface area contributed by atoms with Crippen LogP contribution < -0.4 is 16.0 Å². The lowest BCUT2D eigenvalue weighted by Gasteiger charge is -2.17. The summed E-state index contributed by atoms with van der Waals surface area (Å²) in [7, 11) is 3.77. The first-order valence-electron chi connectivity index (χ1n) is 5.94. The smallest absolute Gasteiger partial charge is 0.197 e. The van der Waals surface area contributed by atoms with Gasteiger partial charge in [0.25, 0.3) is 0 Å². The zero-order valence-electron chi connectivity index (χ0n) is 11.1. The largest absolute Gasteiger partial charge is 0.496 e. The van der Waals surface area contributed by atoms with Crippen molar-refractivity contribution in [1.82, 2.24) is 9.88 Å². The average Bonchev–Trinajstić information content (AvgIpc) is 2.87. The van der Waals surface area contributed by atoms with Crippen LogP contribution in [0.1, 0.15) is 10.4 Å². The molecule has 19 heavy (non-hydrogen) atoms. The molecule has 0 radical (unpaired) electrons. The van der Waals surface area contributed by atoms with Gasteiger partial charge in [0.05, 0.1) is 7.11 Å². The maximum Gasteiger partial charge on any atom is 0.197 e. The van der Waals surface area contributed by atoms with Crippen molar-refractivity contribution in [3.63, 3.8) is 0 Å². The third-order valence-electron chi connectivity index (χ3n) is 2.74. The van der Waals surface area contributed by atoms with Gasteiger partial charge in [-0.3, -0.25) is 10.3 Å². The van der Waals surface area contributed by atoms with E-state index in [1.165, 1.54) is 10.4 Å². The van der Waals surface area contributed by atoms with Crippen molar-refractivity contribution in [2.75, 3.05) is 19.6 Å². The summed E-state index contributed by atoms with van der Waals surface area (Å²) in [6.45, 7) is 1.66. The highest BCUT2D eigenvalue weighted by Gasteiger charge is 2.08. The number of rotatable bonds is 6. The number of nitrogens with one attached hydrogen (secondary N) is 1. The van der Waals surface area contributed by atoms with Gasteiger partial charge in [0, 0.05) is 29.7 Å². The lowest BCUT2D eigenvalue weighted by atomic mass is 10.2. The summed E-state index contributed by atoms with van der Waals surface area (Å²) in [5, 5.41) is 0.737. The van der Waals surface area contributed by atoms with Gasteiger partial charge in [-0.25, -0.2) is 10.8 Å². The van der Waals surface area contributed by atoms with Crippen LogP contribution in [0.15, 0.2) is 30.5 Å². The number of methoxy groups -OCH3 is 1. The first-order chi connectivity index (χ1) is 9.22. The summed E-state index contributed by atoms with van der Waals surface area (Å²) < 4.78 is 5.35. The molecule has 3 N–H and O–H groups in total. The first kappa shape index (κ1) is 13.8. The fourth-order valence-corrected chi connectivity index (χ4v) is 2.70. The Morgan fingerprint density at radius 2 is 2.16 bits per heavy atom. The third kappa shape index (κ3) is 3.66. The Hall–Kier alpha value is -1.63. The number of aromatic nitrogens is 1. The van der Waals surface area contributed by atoms with Crippen molar-refractivity contribution in [2.24, 2.45) is 5.84 Å². The Morgan fingerprint density at radius 1 is 1.37 bits per heavy atom. The summed E-state index contributed by atoms with van der Waals surface area (Å²) in [5.41, 5.74) is 3.73. The molecule has 0 aliphatic carbocycles. The molecule has 0 saturated heterocycles. The molecule has 102 valence electrons. The van der Waals surface area contributed by atoms with Crippen molar-refractivity contribution < 1.29 is 4.74 Å². The van der Waals surface area contributed by atoms with E-state index >= 15 is 0 Å². The van der Waals surface area contributed by atoms with E-state index in [2.05, 4.69) is 28.4 Å². The van der Waals surface area contributed by atoms with Gasteiger partial charge < -0.3 is 4.74 Å². The molecule has 6 heteroatoms. The molecule has 0 aliphatic heterocycles. The number of hydrazine groups is 1. The number of anilines is 1. The van der Waals surface area contributed by atoms with Gasteiger partial charge in [0.2, 0.25) is 0 Å². The predicted octanol–water partition coefficient (Wildman–Crippen LogP) is 2.07. The fraction of sp³-hybridized carbons (Fsp3) is 0.308. The number of ether oxygens (including phenoxy) is 1. The number of hydrogen-bond acceptors (Lipinski definition) is 6. The first-order valence-corrected chi connectivity index (χ1v) is 6.76. The van der Waals surface area contributed by atoms with Crippen LogP contribution in [0.2, 0.25) is 0 Å². The minimum Gasteiger partial charge on any atom is -0.496 e. The van der Waals surface area contributed by atoms with E-state index in [-0.39, 0.29) is 0 Å². The molecule has 0 aliphatic rings. The molecule has 0 unspecified atom stereocenters. The fourth-order valence-electron chi connectivity index (χ4n) is 1.89. The van der Waals surface area contributed by atoms with E-state index in [0.717, 1.165) is 24.0 Å². The van der Waals surface area contributed by atoms with Gasteiger partial charge in [-0.05, 0) is 13.1 Å². The molecule has 0 amide bonds. The molecular weight excluding hydrogens is 260 g/mol. The minimum atomic E-state index is 0.737. The Balaban J connectivity index is 1.98. The van der Waals surface area contributed by atoms with Crippen LogP contribution in [0.3, 0.4) is 0 Å². The maximum absolute atomic E-state index is 5.35. The van der Waals surface area contributed by atoms with Crippen LogP contribution in [0, 0.1) is 0 Å². The lowest BCUT2D eigenvalue weighted by Crippen LogP contribution is -2.17. The van der Waals surface area contributed by atoms with Crippen molar-refractivity contribution in [3.05, 3.63) is 40.9 Å². The maximum atomic E-state index is 5.35. The molecule has 0 spiro atoms. The van der Waals surface area contributed by atoms with Crippen molar-refractivity contribution in [1.29, 1.82) is 0 Å². The molecule has 0 saturated carbocycles. The van der Waals surface area contributed by atoms with E-state index in [4.69, 9.17) is 10.6 Å². The molecule has 2 aromatic rings. The molecule has 2 rings (SSSR count). The molecular formula is C13H18N4OS. The Bertz CT molecular complexity index is 529. The Labute approximate surface area is 117 Å². The van der Waals surface area contributed by atoms with Crippen LogP contribution >= 0.6 is 11.3 Å². The molecule has 1 aromatic carbocycles. The van der Waals surface area contributed by atoms with Gasteiger partial charge in [0.15, 0.2) is 5.13 Å². The Kier molecular flexibility index (Phi) is 4.73. The second-order valence-electron chi connectivity index (χ2n) is 4.26. The highest BCUT2D eigenvalue weighted by atomic mass is 32.1. The van der Waals surface area contributed by atoms with Gasteiger partial charge in [-0.1, -0.05) is 29.5 Å². The summed E-state index contributed by atoms with van der Waals surface area (Å²) in [5.74, 6) is 6.24. The number of nitrogens with zero attached hydrogens (tertiary/aromatic N) is 2. The minimum absolute atomic E-state index is 0.737. The zero-order valence-corrected chi connectivity index (χ0v) is 11.9. The van der Waals surface area contributed by atoms with E-state index in [1.807, 2.05) is 24.4 Å². The number of nitrogen functional groups attached to an aromatic ring is 1. The van der Waals surface area contributed by atoms with Gasteiger partial charge >= 0.3 is 0 Å². The summed E-state index contributed by atoms with van der Waals surface area (Å²) >= 11 is 1.56. The quantitative estimate of drug-likeness (QED) is 0.625. The number of nitrogens with two attached hydrogens (primary N) is 1. The van der Waals surface area contributed by atoms with E-state index in [1.54, 1.807) is 18.4 Å². The van der Waals surface area contributed by atoms with Crippen LogP contribution in [-0.4, -0.2) is 24.0 Å². The van der Waals surface area contributed by atoms with Crippen LogP contribution in [0.4, 0.5) is 5.13 Å². The summed E-state index contributed by atoms with van der Waals surface area (Å²) in [6.07, 6.45) is 1.85. The molecule has 0 fully saturated rings. The zero-order chi connectivity index (χ0) is 13.7. The van der Waals surface area contributed by atoms with Crippen molar-refractivity contribution >= 4 is 16.5 Å². The van der Waals surface area contributed by atoms with Crippen LogP contribution in [0.25, 0.3) is 0 Å². The molecule has 1 heterocycles. The van der Waals surface area contributed by atoms with Gasteiger partial charge in [0.1, 0.15) is 5.75 Å². The predicted molar refractivity (Wildman–Crippen MR) is 78.1 cm³/mol. The molecule has 1 aromatic heterocycles. The lowest BCUT2D eigenvalue weighted by molar-refractivity contribution is 0.312. The van der Waals surface area contributed by atoms with E-state index in [9.17, 15) is 0 Å². The molecule has 0 bridgehead atoms. The normalized spacial score (nSPS) is 10.7. The third-order valence-corrected chi connectivity index (χ3v) is 3.65. The Morgan fingerprint density at radius 3 is 2.84 bits per heavy atom. The average molecular weight is 278 g/mol. The van der Waals surface area contributed by atoms with Gasteiger partial charge in [-0.2, -0.15) is 0 Å². The summed E-state index contributed by atoms with van der Waals surface area (Å²) in [6, 6.07) is 8.06. The summed E-state index contributed by atoms with van der Waals surface area (Å²) in [4.78, 5) is 7.55. The number of benzene rings is 1. The second kappa shape index (κ2) is 6.51. The highest BCUT2D eigenvalue weighted by Crippen LogP contribution is 2.22. The van der Waals surface area contributed by atoms with Crippen molar-refractivity contribution in [2.45, 2.75) is 13.1 Å². The van der Waals surface area contributed by atoms with Crippen LogP contribution in [-0.2, 0) is 13.1 Å². The molecule has 5 nitrogen and oxygen atoms in total.